The molecule has 0 bridgehead atoms. The number of nitrogens with one attached hydrogen (secondary N) is 2. The molecule has 0 radical (unpaired) electrons. The van der Waals surface area contributed by atoms with Crippen molar-refractivity contribution in [1.29, 1.82) is 0 Å². The lowest BCUT2D eigenvalue weighted by Gasteiger charge is -2.26. The molecule has 1 heterocycles. The summed E-state index contributed by atoms with van der Waals surface area (Å²) in [7, 11) is 0. The van der Waals surface area contributed by atoms with Crippen molar-refractivity contribution in [1.82, 2.24) is 5.32 Å². The molecule has 16 heavy (non-hydrogen) atoms. The van der Waals surface area contributed by atoms with Gasteiger partial charge >= 0.3 is 0 Å². The van der Waals surface area contributed by atoms with Crippen molar-refractivity contribution in [2.75, 3.05) is 18.4 Å². The van der Waals surface area contributed by atoms with Gasteiger partial charge in [-0.15, -0.1) is 0 Å². The maximum absolute atomic E-state index is 3.62. The standard InChI is InChI=1S/C13H17BrN2/c14-11-2-1-10-5-9(7-15-12-3-4-12)8-16-13(10)6-11/h1-2,6,9,12,15-16H,3-5,7-8H2. The van der Waals surface area contributed by atoms with Crippen LogP contribution in [0.3, 0.4) is 0 Å². The second-order valence-electron chi connectivity index (χ2n) is 4.94. The minimum atomic E-state index is 0.745. The van der Waals surface area contributed by atoms with E-state index >= 15 is 0 Å². The number of halogens is 1. The molecule has 0 spiro atoms. The highest BCUT2D eigenvalue weighted by molar-refractivity contribution is 9.10. The Hall–Kier alpha value is -0.540. The maximum Gasteiger partial charge on any atom is 0.0384 e. The molecule has 2 N–H and O–H groups in total. The lowest BCUT2D eigenvalue weighted by atomic mass is 9.94. The summed E-state index contributed by atoms with van der Waals surface area (Å²) in [5, 5.41) is 7.15. The summed E-state index contributed by atoms with van der Waals surface area (Å²) in [5.41, 5.74) is 2.76. The van der Waals surface area contributed by atoms with E-state index in [1.165, 1.54) is 30.5 Å². The first kappa shape index (κ1) is 10.6. The molecule has 1 fully saturated rings. The van der Waals surface area contributed by atoms with Gasteiger partial charge in [0.05, 0.1) is 0 Å². The normalized spacial score (nSPS) is 23.7. The van der Waals surface area contributed by atoms with Gasteiger partial charge in [0.1, 0.15) is 0 Å². The Bertz CT molecular complexity index is 388. The third-order valence-electron chi connectivity index (χ3n) is 3.43. The molecule has 3 rings (SSSR count). The smallest absolute Gasteiger partial charge is 0.0384 e. The number of fused-ring (bicyclic) bond motifs is 1. The molecule has 2 aliphatic rings. The molecular weight excluding hydrogens is 264 g/mol. The predicted molar refractivity (Wildman–Crippen MR) is 70.9 cm³/mol. The summed E-state index contributed by atoms with van der Waals surface area (Å²) < 4.78 is 1.16. The summed E-state index contributed by atoms with van der Waals surface area (Å²) >= 11 is 3.51. The third kappa shape index (κ3) is 2.41. The van der Waals surface area contributed by atoms with Gasteiger partial charge in [-0.3, -0.25) is 0 Å². The number of hydrogen-bond donors (Lipinski definition) is 2. The van der Waals surface area contributed by atoms with Gasteiger partial charge in [0.15, 0.2) is 0 Å². The van der Waals surface area contributed by atoms with Crippen LogP contribution in [0.4, 0.5) is 5.69 Å². The molecular formula is C13H17BrN2. The monoisotopic (exact) mass is 280 g/mol. The van der Waals surface area contributed by atoms with Crippen LogP contribution >= 0.6 is 15.9 Å². The van der Waals surface area contributed by atoms with Crippen LogP contribution in [0.15, 0.2) is 22.7 Å². The highest BCUT2D eigenvalue weighted by Gasteiger charge is 2.23. The summed E-state index contributed by atoms with van der Waals surface area (Å²) in [4.78, 5) is 0. The van der Waals surface area contributed by atoms with Crippen molar-refractivity contribution in [3.8, 4) is 0 Å². The van der Waals surface area contributed by atoms with E-state index in [1.807, 2.05) is 0 Å². The SMILES string of the molecule is Brc1ccc2c(c1)NCC(CNC1CC1)C2. The molecule has 0 amide bonds. The zero-order valence-corrected chi connectivity index (χ0v) is 10.9. The van der Waals surface area contributed by atoms with Crippen molar-refractivity contribution >= 4 is 21.6 Å². The van der Waals surface area contributed by atoms with Crippen LogP contribution in [0, 0.1) is 5.92 Å². The zero-order valence-electron chi connectivity index (χ0n) is 9.30. The highest BCUT2D eigenvalue weighted by Crippen LogP contribution is 2.28. The Morgan fingerprint density at radius 1 is 1.38 bits per heavy atom. The van der Waals surface area contributed by atoms with Gasteiger partial charge in [0.2, 0.25) is 0 Å². The lowest BCUT2D eigenvalue weighted by Crippen LogP contribution is -2.33. The van der Waals surface area contributed by atoms with E-state index in [4.69, 9.17) is 0 Å². The van der Waals surface area contributed by atoms with E-state index in [0.717, 1.165) is 29.5 Å². The molecule has 0 saturated heterocycles. The van der Waals surface area contributed by atoms with Crippen molar-refractivity contribution in [3.05, 3.63) is 28.2 Å². The Kier molecular flexibility index (Phi) is 2.90. The molecule has 1 aliphatic carbocycles. The van der Waals surface area contributed by atoms with E-state index in [2.05, 4.69) is 44.8 Å². The molecule has 1 aromatic rings. The number of benzene rings is 1. The second-order valence-corrected chi connectivity index (χ2v) is 5.85. The molecule has 2 nitrogen and oxygen atoms in total. The fourth-order valence-electron chi connectivity index (χ4n) is 2.29. The van der Waals surface area contributed by atoms with Gasteiger partial charge in [0, 0.05) is 29.3 Å². The van der Waals surface area contributed by atoms with E-state index in [-0.39, 0.29) is 0 Å². The Balaban J connectivity index is 1.63. The van der Waals surface area contributed by atoms with Crippen molar-refractivity contribution in [3.63, 3.8) is 0 Å². The van der Waals surface area contributed by atoms with E-state index in [0.29, 0.717) is 0 Å². The van der Waals surface area contributed by atoms with Crippen LogP contribution < -0.4 is 10.6 Å². The summed E-state index contributed by atoms with van der Waals surface area (Å²) in [6.07, 6.45) is 3.96. The number of anilines is 1. The molecule has 3 heteroatoms. The minimum absolute atomic E-state index is 0.745. The number of rotatable bonds is 3. The zero-order chi connectivity index (χ0) is 11.0. The molecule has 86 valence electrons. The predicted octanol–water partition coefficient (Wildman–Crippen LogP) is 2.79. The molecule has 0 aromatic heterocycles. The lowest BCUT2D eigenvalue weighted by molar-refractivity contribution is 0.482. The second kappa shape index (κ2) is 4.38. The first-order valence-electron chi connectivity index (χ1n) is 6.07. The van der Waals surface area contributed by atoms with Gasteiger partial charge in [-0.2, -0.15) is 0 Å². The minimum Gasteiger partial charge on any atom is -0.384 e. The van der Waals surface area contributed by atoms with Crippen molar-refractivity contribution < 1.29 is 0 Å². The van der Waals surface area contributed by atoms with Crippen LogP contribution in [0.5, 0.6) is 0 Å². The topological polar surface area (TPSA) is 24.1 Å². The fourth-order valence-corrected chi connectivity index (χ4v) is 2.65. The van der Waals surface area contributed by atoms with E-state index in [9.17, 15) is 0 Å². The van der Waals surface area contributed by atoms with Gasteiger partial charge in [-0.05, 0) is 42.9 Å². The first-order chi connectivity index (χ1) is 7.81. The van der Waals surface area contributed by atoms with Crippen molar-refractivity contribution in [2.45, 2.75) is 25.3 Å². The maximum atomic E-state index is 3.62. The van der Waals surface area contributed by atoms with Gasteiger partial charge in [-0.1, -0.05) is 22.0 Å². The quantitative estimate of drug-likeness (QED) is 0.890. The Labute approximate surface area is 105 Å². The molecule has 1 atom stereocenters. The highest BCUT2D eigenvalue weighted by atomic mass is 79.9. The molecule has 1 aliphatic heterocycles. The molecule has 1 saturated carbocycles. The van der Waals surface area contributed by atoms with Crippen molar-refractivity contribution in [2.24, 2.45) is 5.92 Å². The average Bonchev–Trinajstić information content (AvgIpc) is 3.10. The van der Waals surface area contributed by atoms with E-state index in [1.54, 1.807) is 0 Å². The van der Waals surface area contributed by atoms with E-state index < -0.39 is 0 Å². The van der Waals surface area contributed by atoms with Crippen LogP contribution in [0.2, 0.25) is 0 Å². The fraction of sp³-hybridized carbons (Fsp3) is 0.538. The third-order valence-corrected chi connectivity index (χ3v) is 3.93. The summed E-state index contributed by atoms with van der Waals surface area (Å²) in [5.74, 6) is 0.745. The molecule has 1 unspecified atom stereocenters. The van der Waals surface area contributed by atoms with Crippen LogP contribution in [-0.4, -0.2) is 19.1 Å². The average molecular weight is 281 g/mol. The first-order valence-corrected chi connectivity index (χ1v) is 6.86. The Morgan fingerprint density at radius 2 is 2.25 bits per heavy atom. The molecule has 1 aromatic carbocycles. The Morgan fingerprint density at radius 3 is 3.06 bits per heavy atom. The van der Waals surface area contributed by atoms with Gasteiger partial charge < -0.3 is 10.6 Å². The van der Waals surface area contributed by atoms with Crippen LogP contribution in [0.1, 0.15) is 18.4 Å². The number of hydrogen-bond acceptors (Lipinski definition) is 2. The van der Waals surface area contributed by atoms with Crippen LogP contribution in [-0.2, 0) is 6.42 Å². The van der Waals surface area contributed by atoms with Gasteiger partial charge in [0.25, 0.3) is 0 Å². The van der Waals surface area contributed by atoms with Crippen LogP contribution in [0.25, 0.3) is 0 Å². The largest absolute Gasteiger partial charge is 0.384 e. The summed E-state index contributed by atoms with van der Waals surface area (Å²) in [6.45, 7) is 2.26. The summed E-state index contributed by atoms with van der Waals surface area (Å²) in [6, 6.07) is 7.37. The van der Waals surface area contributed by atoms with Gasteiger partial charge in [-0.25, -0.2) is 0 Å².